The molecule has 0 amide bonds. The van der Waals surface area contributed by atoms with E-state index in [0.29, 0.717) is 28.6 Å². The lowest BCUT2D eigenvalue weighted by Crippen LogP contribution is -2.43. The number of hydrogen-bond donors (Lipinski definition) is 2. The summed E-state index contributed by atoms with van der Waals surface area (Å²) in [4.78, 5) is 0. The molecule has 0 spiro atoms. The fraction of sp³-hybridized carbons (Fsp3) is 0.333. The summed E-state index contributed by atoms with van der Waals surface area (Å²) in [6.07, 6.45) is -2.24. The molecular weight excluding hydrogens is 417 g/mol. The van der Waals surface area contributed by atoms with Crippen molar-refractivity contribution in [1.82, 2.24) is 4.57 Å². The van der Waals surface area contributed by atoms with E-state index < -0.39 is 33.4 Å². The molecule has 0 saturated carbocycles. The third-order valence-electron chi connectivity index (χ3n) is 5.40. The second-order valence-electron chi connectivity index (χ2n) is 7.33. The van der Waals surface area contributed by atoms with Gasteiger partial charge in [-0.2, -0.15) is 13.2 Å². The molecule has 162 valence electrons. The van der Waals surface area contributed by atoms with Gasteiger partial charge < -0.3 is 9.67 Å². The number of nitrogens with one attached hydrogen (secondary N) is 1. The zero-order valence-corrected chi connectivity index (χ0v) is 17.6. The lowest BCUT2D eigenvalue weighted by molar-refractivity contribution is -0.137. The Morgan fingerprint density at radius 1 is 1.07 bits per heavy atom. The molecule has 0 bridgehead atoms. The molecule has 0 radical (unpaired) electrons. The number of aromatic nitrogens is 1. The molecule has 0 fully saturated rings. The highest BCUT2D eigenvalue weighted by atomic mass is 32.2. The number of aliphatic hydroxyl groups is 1. The van der Waals surface area contributed by atoms with Gasteiger partial charge in [0, 0.05) is 11.6 Å². The summed E-state index contributed by atoms with van der Waals surface area (Å²) in [7, 11) is -3.50. The Morgan fingerprint density at radius 2 is 1.67 bits per heavy atom. The maximum Gasteiger partial charge on any atom is 0.416 e. The highest BCUT2D eigenvalue weighted by Gasteiger charge is 2.39. The van der Waals surface area contributed by atoms with Crippen molar-refractivity contribution in [1.29, 1.82) is 0 Å². The van der Waals surface area contributed by atoms with Crippen molar-refractivity contribution < 1.29 is 26.7 Å². The van der Waals surface area contributed by atoms with Crippen LogP contribution in [-0.2, 0) is 21.7 Å². The van der Waals surface area contributed by atoms with Gasteiger partial charge in [0.15, 0.2) is 0 Å². The van der Waals surface area contributed by atoms with Crippen LogP contribution in [0.3, 0.4) is 0 Å². The predicted octanol–water partition coefficient (Wildman–Crippen LogP) is 4.57. The predicted molar refractivity (Wildman–Crippen MR) is 111 cm³/mol. The van der Waals surface area contributed by atoms with Crippen molar-refractivity contribution in [3.8, 4) is 0 Å². The summed E-state index contributed by atoms with van der Waals surface area (Å²) >= 11 is 0. The second-order valence-corrected chi connectivity index (χ2v) is 9.08. The molecular formula is C21H23F3N2O3S. The molecule has 2 unspecified atom stereocenters. The first-order valence-corrected chi connectivity index (χ1v) is 11.2. The molecule has 2 aromatic carbocycles. The van der Waals surface area contributed by atoms with Crippen molar-refractivity contribution in [2.45, 2.75) is 38.1 Å². The van der Waals surface area contributed by atoms with Gasteiger partial charge >= 0.3 is 6.18 Å². The van der Waals surface area contributed by atoms with E-state index in [1.54, 1.807) is 42.0 Å². The van der Waals surface area contributed by atoms with Crippen LogP contribution in [0.2, 0.25) is 0 Å². The van der Waals surface area contributed by atoms with Crippen molar-refractivity contribution >= 4 is 26.6 Å². The average Bonchev–Trinajstić information content (AvgIpc) is 3.07. The quantitative estimate of drug-likeness (QED) is 0.590. The van der Waals surface area contributed by atoms with Crippen LogP contribution in [0.15, 0.2) is 54.7 Å². The van der Waals surface area contributed by atoms with Crippen molar-refractivity contribution in [3.63, 3.8) is 0 Å². The van der Waals surface area contributed by atoms with Gasteiger partial charge in [0.25, 0.3) is 0 Å². The lowest BCUT2D eigenvalue weighted by Gasteiger charge is -2.39. The number of aliphatic hydroxyl groups excluding tert-OH is 1. The van der Waals surface area contributed by atoms with Gasteiger partial charge in [0.05, 0.1) is 34.7 Å². The van der Waals surface area contributed by atoms with Crippen LogP contribution in [0.5, 0.6) is 0 Å². The molecule has 0 aliphatic carbocycles. The summed E-state index contributed by atoms with van der Waals surface area (Å²) in [6, 6.07) is 11.6. The Kier molecular flexibility index (Phi) is 5.64. The lowest BCUT2D eigenvalue weighted by atomic mass is 9.81. The minimum absolute atomic E-state index is 0.386. The Labute approximate surface area is 173 Å². The van der Waals surface area contributed by atoms with Crippen LogP contribution < -0.4 is 4.72 Å². The number of sulfonamides is 1. The Bertz CT molecular complexity index is 1150. The van der Waals surface area contributed by atoms with Gasteiger partial charge in [-0.1, -0.05) is 25.1 Å². The number of fused-ring (bicyclic) bond motifs is 1. The van der Waals surface area contributed by atoms with Crippen molar-refractivity contribution in [2.75, 3.05) is 11.0 Å². The summed E-state index contributed by atoms with van der Waals surface area (Å²) in [5.74, 6) is 0. The molecule has 9 heteroatoms. The van der Waals surface area contributed by atoms with Crippen LogP contribution in [-0.4, -0.2) is 30.5 Å². The molecule has 3 aromatic rings. The third kappa shape index (κ3) is 3.91. The van der Waals surface area contributed by atoms with Gasteiger partial charge in [-0.25, -0.2) is 8.42 Å². The van der Waals surface area contributed by atoms with Crippen molar-refractivity contribution in [3.05, 3.63) is 65.9 Å². The van der Waals surface area contributed by atoms with E-state index >= 15 is 0 Å². The molecule has 2 atom stereocenters. The molecule has 1 heterocycles. The van der Waals surface area contributed by atoms with Gasteiger partial charge in [-0.05, 0) is 49.2 Å². The largest absolute Gasteiger partial charge is 0.416 e. The highest BCUT2D eigenvalue weighted by Crippen LogP contribution is 2.40. The van der Waals surface area contributed by atoms with E-state index in [4.69, 9.17) is 0 Å². The van der Waals surface area contributed by atoms with Crippen LogP contribution in [0.1, 0.15) is 31.4 Å². The van der Waals surface area contributed by atoms with Gasteiger partial charge in [0.2, 0.25) is 10.0 Å². The number of nitrogens with zero attached hydrogens (tertiary/aromatic N) is 1. The maximum atomic E-state index is 13.0. The molecule has 0 saturated heterocycles. The fourth-order valence-corrected chi connectivity index (χ4v) is 4.58. The molecule has 30 heavy (non-hydrogen) atoms. The van der Waals surface area contributed by atoms with Crippen LogP contribution in [0.4, 0.5) is 18.9 Å². The molecule has 3 rings (SSSR count). The number of alkyl halides is 3. The van der Waals surface area contributed by atoms with Gasteiger partial charge in [-0.15, -0.1) is 0 Å². The Balaban J connectivity index is 2.22. The SMILES string of the molecule is CCC(c1ccc(C(F)(F)F)cc1)(C(C)O)n1ccc2c(NS(C)(=O)=O)cccc21. The van der Waals surface area contributed by atoms with Crippen LogP contribution >= 0.6 is 0 Å². The third-order valence-corrected chi connectivity index (χ3v) is 5.99. The van der Waals surface area contributed by atoms with E-state index in [0.717, 1.165) is 18.4 Å². The first kappa shape index (κ1) is 22.2. The standard InChI is InChI=1S/C21H23F3N2O3S/c1-4-20(14(2)27,15-8-10-16(11-9-15)21(22,23)24)26-13-12-17-18(25-30(3,28)29)6-5-7-19(17)26/h5-14,25,27H,4H2,1-3H3. The molecule has 0 aliphatic rings. The molecule has 0 aliphatic heterocycles. The summed E-state index contributed by atoms with van der Waals surface area (Å²) in [5.41, 5.74) is -0.260. The summed E-state index contributed by atoms with van der Waals surface area (Å²) in [5, 5.41) is 11.4. The normalized spacial score (nSPS) is 15.7. The zero-order chi connectivity index (χ0) is 22.3. The highest BCUT2D eigenvalue weighted by molar-refractivity contribution is 7.92. The number of hydrogen-bond acceptors (Lipinski definition) is 3. The number of benzene rings is 2. The molecule has 5 nitrogen and oxygen atoms in total. The minimum Gasteiger partial charge on any atom is -0.391 e. The monoisotopic (exact) mass is 440 g/mol. The van der Waals surface area contributed by atoms with Crippen LogP contribution in [0.25, 0.3) is 10.9 Å². The van der Waals surface area contributed by atoms with E-state index in [-0.39, 0.29) is 0 Å². The minimum atomic E-state index is -4.45. The number of halogens is 3. The molecule has 2 N–H and O–H groups in total. The average molecular weight is 440 g/mol. The van der Waals surface area contributed by atoms with E-state index in [1.807, 2.05) is 6.92 Å². The topological polar surface area (TPSA) is 71.3 Å². The second kappa shape index (κ2) is 7.63. The summed E-state index contributed by atoms with van der Waals surface area (Å²) < 4.78 is 66.7. The Morgan fingerprint density at radius 3 is 2.17 bits per heavy atom. The van der Waals surface area contributed by atoms with E-state index in [2.05, 4.69) is 4.72 Å². The van der Waals surface area contributed by atoms with Crippen molar-refractivity contribution in [2.24, 2.45) is 0 Å². The number of anilines is 1. The van der Waals surface area contributed by atoms with Gasteiger partial charge in [-0.3, -0.25) is 4.72 Å². The van der Waals surface area contributed by atoms with E-state index in [9.17, 15) is 26.7 Å². The van der Waals surface area contributed by atoms with Gasteiger partial charge in [0.1, 0.15) is 0 Å². The van der Waals surface area contributed by atoms with Crippen LogP contribution in [0, 0.1) is 0 Å². The maximum absolute atomic E-state index is 13.0. The molecule has 1 aromatic heterocycles. The smallest absolute Gasteiger partial charge is 0.391 e. The number of rotatable bonds is 6. The fourth-order valence-electron chi connectivity index (χ4n) is 4.00. The van der Waals surface area contributed by atoms with E-state index in [1.165, 1.54) is 12.1 Å². The first-order chi connectivity index (χ1) is 13.9. The Hall–Kier alpha value is -2.52. The first-order valence-electron chi connectivity index (χ1n) is 9.34. The summed E-state index contributed by atoms with van der Waals surface area (Å²) in [6.45, 7) is 3.43. The zero-order valence-electron chi connectivity index (χ0n) is 16.7.